The minimum Gasteiger partial charge on any atom is -0.389 e. The summed E-state index contributed by atoms with van der Waals surface area (Å²) in [6.45, 7) is 16.3. The molecule has 1 N–H and O–H groups in total. The van der Waals surface area contributed by atoms with Crippen LogP contribution in [0, 0.1) is 11.8 Å². The highest BCUT2D eigenvalue weighted by Crippen LogP contribution is 2.07. The van der Waals surface area contributed by atoms with Crippen molar-refractivity contribution in [2.75, 3.05) is 32.8 Å². The van der Waals surface area contributed by atoms with Crippen LogP contribution in [-0.4, -0.2) is 49.0 Å². The van der Waals surface area contributed by atoms with E-state index < -0.39 is 6.10 Å². The Morgan fingerprint density at radius 3 is 2.05 bits per heavy atom. The van der Waals surface area contributed by atoms with E-state index in [0.29, 0.717) is 31.6 Å². The highest BCUT2D eigenvalue weighted by Gasteiger charge is 2.13. The first-order valence-corrected chi connectivity index (χ1v) is 7.54. The molecule has 0 saturated carbocycles. The summed E-state index contributed by atoms with van der Waals surface area (Å²) >= 11 is 0. The summed E-state index contributed by atoms with van der Waals surface area (Å²) < 4.78 is 5.30. The molecule has 0 aliphatic heterocycles. The van der Waals surface area contributed by atoms with Crippen LogP contribution in [0.5, 0.6) is 0 Å². The molecule has 0 fully saturated rings. The zero-order valence-corrected chi connectivity index (χ0v) is 13.3. The number of rotatable bonds is 12. The minimum absolute atomic E-state index is 0.395. The predicted octanol–water partition coefficient (Wildman–Crippen LogP) is 2.94. The van der Waals surface area contributed by atoms with Crippen molar-refractivity contribution in [3.05, 3.63) is 12.7 Å². The first kappa shape index (κ1) is 18.6. The summed E-state index contributed by atoms with van der Waals surface area (Å²) in [5.74, 6) is 1.41. The molecular formula is C16H33NO2. The van der Waals surface area contributed by atoms with E-state index in [2.05, 4.69) is 39.2 Å². The van der Waals surface area contributed by atoms with E-state index in [1.165, 1.54) is 12.8 Å². The molecule has 114 valence electrons. The third kappa shape index (κ3) is 12.4. The molecule has 0 radical (unpaired) electrons. The van der Waals surface area contributed by atoms with E-state index in [4.69, 9.17) is 4.74 Å². The van der Waals surface area contributed by atoms with Gasteiger partial charge >= 0.3 is 0 Å². The fourth-order valence-corrected chi connectivity index (χ4v) is 1.81. The van der Waals surface area contributed by atoms with Gasteiger partial charge in [0.25, 0.3) is 0 Å². The van der Waals surface area contributed by atoms with Crippen molar-refractivity contribution >= 4 is 0 Å². The van der Waals surface area contributed by atoms with Crippen molar-refractivity contribution in [1.82, 2.24) is 4.90 Å². The van der Waals surface area contributed by atoms with Crippen LogP contribution >= 0.6 is 0 Å². The number of hydrogen-bond donors (Lipinski definition) is 1. The fourth-order valence-electron chi connectivity index (χ4n) is 1.81. The zero-order valence-electron chi connectivity index (χ0n) is 13.3. The Labute approximate surface area is 119 Å². The summed E-state index contributed by atoms with van der Waals surface area (Å²) in [6, 6.07) is 0. The molecule has 0 amide bonds. The van der Waals surface area contributed by atoms with E-state index in [1.807, 2.05) is 0 Å². The van der Waals surface area contributed by atoms with Crippen molar-refractivity contribution in [2.24, 2.45) is 11.8 Å². The first-order chi connectivity index (χ1) is 8.95. The number of hydrogen-bond acceptors (Lipinski definition) is 3. The van der Waals surface area contributed by atoms with Gasteiger partial charge in [0.2, 0.25) is 0 Å². The third-order valence-electron chi connectivity index (χ3n) is 3.06. The summed E-state index contributed by atoms with van der Waals surface area (Å²) in [4.78, 5) is 2.36. The molecule has 3 nitrogen and oxygen atoms in total. The molecule has 3 heteroatoms. The van der Waals surface area contributed by atoms with Gasteiger partial charge in [0.15, 0.2) is 0 Å². The zero-order chi connectivity index (χ0) is 14.7. The molecule has 0 aromatic heterocycles. The number of aliphatic hydroxyl groups excluding tert-OH is 1. The van der Waals surface area contributed by atoms with Crippen molar-refractivity contribution in [3.63, 3.8) is 0 Å². The van der Waals surface area contributed by atoms with E-state index in [0.717, 1.165) is 13.1 Å². The van der Waals surface area contributed by atoms with Crippen molar-refractivity contribution in [3.8, 4) is 0 Å². The van der Waals surface area contributed by atoms with Crippen LogP contribution in [0.15, 0.2) is 12.7 Å². The second kappa shape index (κ2) is 11.4. The summed E-state index contributed by atoms with van der Waals surface area (Å²) in [6.07, 6.45) is 3.66. The molecule has 0 aromatic rings. The van der Waals surface area contributed by atoms with Gasteiger partial charge in [-0.15, -0.1) is 6.58 Å². The highest BCUT2D eigenvalue weighted by atomic mass is 16.5. The van der Waals surface area contributed by atoms with E-state index >= 15 is 0 Å². The Kier molecular flexibility index (Phi) is 11.2. The molecule has 19 heavy (non-hydrogen) atoms. The molecule has 0 aromatic carbocycles. The second-order valence-corrected chi connectivity index (χ2v) is 6.15. The van der Waals surface area contributed by atoms with E-state index in [9.17, 15) is 5.11 Å². The number of aliphatic hydroxyl groups is 1. The van der Waals surface area contributed by atoms with Crippen LogP contribution in [-0.2, 0) is 4.74 Å². The largest absolute Gasteiger partial charge is 0.389 e. The molecule has 1 atom stereocenters. The molecule has 0 spiro atoms. The van der Waals surface area contributed by atoms with Gasteiger partial charge in [-0.3, -0.25) is 0 Å². The molecule has 0 heterocycles. The maximum absolute atomic E-state index is 9.98. The SMILES string of the molecule is C=CCOC[C@@H](O)CN(CCC(C)C)CCC(C)C. The normalized spacial score (nSPS) is 13.5. The molecule has 0 bridgehead atoms. The van der Waals surface area contributed by atoms with Gasteiger partial charge in [-0.25, -0.2) is 0 Å². The van der Waals surface area contributed by atoms with Gasteiger partial charge in [-0.05, 0) is 37.8 Å². The smallest absolute Gasteiger partial charge is 0.0900 e. The molecule has 0 aliphatic rings. The van der Waals surface area contributed by atoms with Crippen molar-refractivity contribution < 1.29 is 9.84 Å². The highest BCUT2D eigenvalue weighted by molar-refractivity contribution is 4.68. The lowest BCUT2D eigenvalue weighted by atomic mass is 10.1. The summed E-state index contributed by atoms with van der Waals surface area (Å²) in [5.41, 5.74) is 0. The monoisotopic (exact) mass is 271 g/mol. The van der Waals surface area contributed by atoms with Crippen LogP contribution in [0.3, 0.4) is 0 Å². The summed E-state index contributed by atoms with van der Waals surface area (Å²) in [5, 5.41) is 9.98. The van der Waals surface area contributed by atoms with Crippen LogP contribution < -0.4 is 0 Å². The Bertz CT molecular complexity index is 205. The van der Waals surface area contributed by atoms with Gasteiger partial charge < -0.3 is 14.7 Å². The van der Waals surface area contributed by atoms with Crippen LogP contribution in [0.4, 0.5) is 0 Å². The van der Waals surface area contributed by atoms with Gasteiger partial charge in [0, 0.05) is 6.54 Å². The lowest BCUT2D eigenvalue weighted by molar-refractivity contribution is 0.0246. The van der Waals surface area contributed by atoms with Gasteiger partial charge in [0.1, 0.15) is 0 Å². The van der Waals surface area contributed by atoms with Crippen LogP contribution in [0.25, 0.3) is 0 Å². The molecular weight excluding hydrogens is 238 g/mol. The maximum Gasteiger partial charge on any atom is 0.0900 e. The predicted molar refractivity (Wildman–Crippen MR) is 82.4 cm³/mol. The topological polar surface area (TPSA) is 32.7 Å². The lowest BCUT2D eigenvalue weighted by Crippen LogP contribution is -2.37. The third-order valence-corrected chi connectivity index (χ3v) is 3.06. The maximum atomic E-state index is 9.98. The quantitative estimate of drug-likeness (QED) is 0.437. The van der Waals surface area contributed by atoms with Crippen molar-refractivity contribution in [2.45, 2.75) is 46.6 Å². The lowest BCUT2D eigenvalue weighted by Gasteiger charge is -2.26. The Morgan fingerprint density at radius 2 is 1.63 bits per heavy atom. The van der Waals surface area contributed by atoms with Gasteiger partial charge in [0.05, 0.1) is 19.3 Å². The van der Waals surface area contributed by atoms with Crippen LogP contribution in [0.2, 0.25) is 0 Å². The average Bonchev–Trinajstić information content (AvgIpc) is 2.32. The molecule has 0 aliphatic carbocycles. The first-order valence-electron chi connectivity index (χ1n) is 7.54. The van der Waals surface area contributed by atoms with Gasteiger partial charge in [-0.2, -0.15) is 0 Å². The Morgan fingerprint density at radius 1 is 1.11 bits per heavy atom. The summed E-state index contributed by atoms with van der Waals surface area (Å²) in [7, 11) is 0. The Hall–Kier alpha value is -0.380. The van der Waals surface area contributed by atoms with Crippen molar-refractivity contribution in [1.29, 1.82) is 0 Å². The molecule has 0 saturated heterocycles. The fraction of sp³-hybridized carbons (Fsp3) is 0.875. The standard InChI is InChI=1S/C16H33NO2/c1-6-11-19-13-16(18)12-17(9-7-14(2)3)10-8-15(4)5/h6,14-16,18H,1,7-13H2,2-5H3/t16-/m0/s1. The minimum atomic E-state index is -0.403. The average molecular weight is 271 g/mol. The number of ether oxygens (including phenoxy) is 1. The van der Waals surface area contributed by atoms with Crippen LogP contribution in [0.1, 0.15) is 40.5 Å². The number of nitrogens with zero attached hydrogens (tertiary/aromatic N) is 1. The molecule has 0 rings (SSSR count). The second-order valence-electron chi connectivity index (χ2n) is 6.15. The molecule has 0 unspecified atom stereocenters. The van der Waals surface area contributed by atoms with E-state index in [1.54, 1.807) is 6.08 Å². The van der Waals surface area contributed by atoms with Gasteiger partial charge in [-0.1, -0.05) is 33.8 Å². The Balaban J connectivity index is 4.03. The van der Waals surface area contributed by atoms with E-state index in [-0.39, 0.29) is 0 Å².